The van der Waals surface area contributed by atoms with E-state index in [0.717, 1.165) is 0 Å². The summed E-state index contributed by atoms with van der Waals surface area (Å²) in [5, 5.41) is 4.58. The summed E-state index contributed by atoms with van der Waals surface area (Å²) in [7, 11) is -3.76. The maximum atomic E-state index is 12.1. The third kappa shape index (κ3) is 4.86. The highest BCUT2D eigenvalue weighted by molar-refractivity contribution is 7.89. The number of nitrogens with one attached hydrogen (secondary N) is 1. The fourth-order valence-corrected chi connectivity index (χ4v) is 2.95. The number of benzene rings is 2. The molecule has 0 atom stereocenters. The number of ether oxygens (including phenoxy) is 1. The van der Waals surface area contributed by atoms with Crippen LogP contribution in [-0.4, -0.2) is 21.2 Å². The van der Waals surface area contributed by atoms with Crippen LogP contribution in [-0.2, 0) is 10.0 Å². The minimum Gasteiger partial charge on any atom is -0.494 e. The van der Waals surface area contributed by atoms with Gasteiger partial charge in [-0.3, -0.25) is 0 Å². The van der Waals surface area contributed by atoms with E-state index in [9.17, 15) is 8.42 Å². The molecule has 0 saturated heterocycles. The minimum atomic E-state index is -3.76. The summed E-state index contributed by atoms with van der Waals surface area (Å²) in [4.78, 5) is 2.21. The Labute approximate surface area is 144 Å². The quantitative estimate of drug-likeness (QED) is 0.620. The van der Waals surface area contributed by atoms with E-state index in [1.54, 1.807) is 30.3 Å². The van der Waals surface area contributed by atoms with Crippen LogP contribution in [0.3, 0.4) is 0 Å². The van der Waals surface area contributed by atoms with Crippen molar-refractivity contribution in [1.82, 2.24) is 4.83 Å². The van der Waals surface area contributed by atoms with Gasteiger partial charge >= 0.3 is 0 Å². The van der Waals surface area contributed by atoms with Gasteiger partial charge in [0.15, 0.2) is 0 Å². The smallest absolute Gasteiger partial charge is 0.276 e. The largest absolute Gasteiger partial charge is 0.494 e. The van der Waals surface area contributed by atoms with E-state index in [1.165, 1.54) is 18.3 Å². The van der Waals surface area contributed by atoms with Gasteiger partial charge in [-0.1, -0.05) is 29.3 Å². The first-order chi connectivity index (χ1) is 10.9. The van der Waals surface area contributed by atoms with E-state index in [4.69, 9.17) is 27.9 Å². The molecule has 0 spiro atoms. The zero-order chi connectivity index (χ0) is 16.9. The van der Waals surface area contributed by atoms with Crippen LogP contribution in [0.5, 0.6) is 5.75 Å². The number of hydrogen-bond acceptors (Lipinski definition) is 4. The number of halogens is 2. The summed E-state index contributed by atoms with van der Waals surface area (Å²) in [6, 6.07) is 10.9. The summed E-state index contributed by atoms with van der Waals surface area (Å²) in [6.45, 7) is 2.36. The van der Waals surface area contributed by atoms with Crippen molar-refractivity contribution < 1.29 is 13.2 Å². The SMILES string of the molecule is CCOc1ccc(S(=O)(=O)N/N=C/c2ccc(Cl)cc2Cl)cc1. The van der Waals surface area contributed by atoms with Crippen molar-refractivity contribution in [1.29, 1.82) is 0 Å². The lowest BCUT2D eigenvalue weighted by Crippen LogP contribution is -2.18. The molecule has 0 aromatic heterocycles. The monoisotopic (exact) mass is 372 g/mol. The van der Waals surface area contributed by atoms with Crippen molar-refractivity contribution in [2.75, 3.05) is 6.61 Å². The van der Waals surface area contributed by atoms with Crippen LogP contribution < -0.4 is 9.57 Å². The van der Waals surface area contributed by atoms with Gasteiger partial charge in [-0.2, -0.15) is 13.5 Å². The Balaban J connectivity index is 2.10. The van der Waals surface area contributed by atoms with Gasteiger partial charge in [0.25, 0.3) is 10.0 Å². The van der Waals surface area contributed by atoms with Crippen molar-refractivity contribution in [2.45, 2.75) is 11.8 Å². The zero-order valence-corrected chi connectivity index (χ0v) is 14.5. The maximum absolute atomic E-state index is 12.1. The molecule has 2 aromatic rings. The second-order valence-corrected chi connectivity index (χ2v) is 6.93. The summed E-state index contributed by atoms with van der Waals surface area (Å²) >= 11 is 11.8. The highest BCUT2D eigenvalue weighted by atomic mass is 35.5. The van der Waals surface area contributed by atoms with Crippen molar-refractivity contribution in [3.05, 3.63) is 58.1 Å². The van der Waals surface area contributed by atoms with E-state index < -0.39 is 10.0 Å². The molecule has 0 saturated carbocycles. The fraction of sp³-hybridized carbons (Fsp3) is 0.133. The molecule has 0 unspecified atom stereocenters. The van der Waals surface area contributed by atoms with Crippen LogP contribution in [0, 0.1) is 0 Å². The molecule has 0 heterocycles. The molecule has 0 radical (unpaired) electrons. The molecule has 0 aliphatic rings. The van der Waals surface area contributed by atoms with Gasteiger partial charge in [0.05, 0.1) is 22.7 Å². The highest BCUT2D eigenvalue weighted by Gasteiger charge is 2.12. The molecule has 5 nitrogen and oxygen atoms in total. The van der Waals surface area contributed by atoms with Crippen molar-refractivity contribution in [3.63, 3.8) is 0 Å². The van der Waals surface area contributed by atoms with Crippen LogP contribution in [0.2, 0.25) is 10.0 Å². The molecule has 0 aliphatic carbocycles. The molecular weight excluding hydrogens is 359 g/mol. The molecule has 0 bridgehead atoms. The summed E-state index contributed by atoms with van der Waals surface area (Å²) in [6.07, 6.45) is 1.31. The van der Waals surface area contributed by atoms with Gasteiger partial charge in [-0.15, -0.1) is 0 Å². The molecule has 1 N–H and O–H groups in total. The number of rotatable bonds is 6. The molecule has 2 rings (SSSR count). The van der Waals surface area contributed by atoms with Crippen LogP contribution in [0.15, 0.2) is 52.5 Å². The predicted octanol–water partition coefficient (Wildman–Crippen LogP) is 3.70. The molecule has 8 heteroatoms. The number of sulfonamides is 1. The summed E-state index contributed by atoms with van der Waals surface area (Å²) in [5.41, 5.74) is 0.547. The minimum absolute atomic E-state index is 0.0836. The number of hydrazone groups is 1. The van der Waals surface area contributed by atoms with Crippen LogP contribution >= 0.6 is 23.2 Å². The van der Waals surface area contributed by atoms with E-state index in [-0.39, 0.29) is 4.90 Å². The van der Waals surface area contributed by atoms with Gasteiger partial charge in [0.1, 0.15) is 5.75 Å². The summed E-state index contributed by atoms with van der Waals surface area (Å²) in [5.74, 6) is 0.600. The molecule has 0 fully saturated rings. The van der Waals surface area contributed by atoms with Crippen molar-refractivity contribution in [3.8, 4) is 5.75 Å². The summed E-state index contributed by atoms with van der Waals surface area (Å²) < 4.78 is 29.5. The van der Waals surface area contributed by atoms with E-state index in [1.807, 2.05) is 6.92 Å². The third-order valence-corrected chi connectivity index (χ3v) is 4.59. The zero-order valence-electron chi connectivity index (χ0n) is 12.2. The second-order valence-electron chi connectivity index (χ2n) is 4.42. The highest BCUT2D eigenvalue weighted by Crippen LogP contribution is 2.19. The molecule has 0 amide bonds. The average molecular weight is 373 g/mol. The standard InChI is InChI=1S/C15H14Cl2N2O3S/c1-2-22-13-5-7-14(8-6-13)23(20,21)19-18-10-11-3-4-12(16)9-15(11)17/h3-10,19H,2H2,1H3/b18-10+. The van der Waals surface area contributed by atoms with Crippen LogP contribution in [0.4, 0.5) is 0 Å². The Kier molecular flexibility index (Phi) is 5.87. The Hall–Kier alpha value is -1.76. The Morgan fingerprint density at radius 1 is 1.17 bits per heavy atom. The van der Waals surface area contributed by atoms with Gasteiger partial charge in [0, 0.05) is 10.6 Å². The normalized spacial score (nSPS) is 11.6. The van der Waals surface area contributed by atoms with Gasteiger partial charge in [0.2, 0.25) is 0 Å². The number of hydrogen-bond donors (Lipinski definition) is 1. The van der Waals surface area contributed by atoms with Crippen LogP contribution in [0.1, 0.15) is 12.5 Å². The molecule has 23 heavy (non-hydrogen) atoms. The van der Waals surface area contributed by atoms with Gasteiger partial charge in [-0.05, 0) is 43.3 Å². The Morgan fingerprint density at radius 3 is 2.48 bits per heavy atom. The molecule has 122 valence electrons. The fourth-order valence-electron chi connectivity index (χ4n) is 1.71. The Bertz CT molecular complexity index is 806. The lowest BCUT2D eigenvalue weighted by Gasteiger charge is -2.06. The van der Waals surface area contributed by atoms with E-state index >= 15 is 0 Å². The Morgan fingerprint density at radius 2 is 1.87 bits per heavy atom. The van der Waals surface area contributed by atoms with Gasteiger partial charge < -0.3 is 4.74 Å². The molecular formula is C15H14Cl2N2O3S. The van der Waals surface area contributed by atoms with Crippen LogP contribution in [0.25, 0.3) is 0 Å². The topological polar surface area (TPSA) is 67.8 Å². The van der Waals surface area contributed by atoms with E-state index in [2.05, 4.69) is 9.93 Å². The number of nitrogens with zero attached hydrogens (tertiary/aromatic N) is 1. The van der Waals surface area contributed by atoms with Gasteiger partial charge in [-0.25, -0.2) is 4.83 Å². The first-order valence-electron chi connectivity index (χ1n) is 6.65. The van der Waals surface area contributed by atoms with Crippen molar-refractivity contribution in [2.24, 2.45) is 5.10 Å². The van der Waals surface area contributed by atoms with Crippen molar-refractivity contribution >= 4 is 39.4 Å². The predicted molar refractivity (Wildman–Crippen MR) is 92.0 cm³/mol. The third-order valence-electron chi connectivity index (χ3n) is 2.78. The molecule has 0 aliphatic heterocycles. The lowest BCUT2D eigenvalue weighted by molar-refractivity contribution is 0.340. The average Bonchev–Trinajstić information content (AvgIpc) is 2.50. The maximum Gasteiger partial charge on any atom is 0.276 e. The lowest BCUT2D eigenvalue weighted by atomic mass is 10.2. The first kappa shape index (κ1) is 17.6. The molecule has 2 aromatic carbocycles. The second kappa shape index (κ2) is 7.68. The first-order valence-corrected chi connectivity index (χ1v) is 8.89. The van der Waals surface area contributed by atoms with E-state index in [0.29, 0.717) is 28.0 Å².